The van der Waals surface area contributed by atoms with Crippen molar-refractivity contribution in [2.24, 2.45) is 0 Å². The molecule has 0 atom stereocenters. The Hall–Kier alpha value is -2.10. The highest BCUT2D eigenvalue weighted by Gasteiger charge is 2.08. The molecule has 0 aliphatic rings. The topological polar surface area (TPSA) is 74.6 Å². The van der Waals surface area contributed by atoms with E-state index in [0.717, 1.165) is 12.0 Å². The van der Waals surface area contributed by atoms with Gasteiger partial charge in [0.1, 0.15) is 0 Å². The number of aliphatic carboxylic acids is 1. The molecular formula is C12H12O4. The van der Waals surface area contributed by atoms with Crippen molar-refractivity contribution in [1.82, 2.24) is 0 Å². The molecule has 2 N–H and O–H groups in total. The Morgan fingerprint density at radius 3 is 2.19 bits per heavy atom. The van der Waals surface area contributed by atoms with Crippen LogP contribution in [0, 0.1) is 0 Å². The van der Waals surface area contributed by atoms with Crippen LogP contribution in [0.3, 0.4) is 0 Å². The van der Waals surface area contributed by atoms with E-state index in [1.54, 1.807) is 24.3 Å². The zero-order valence-corrected chi connectivity index (χ0v) is 8.80. The van der Waals surface area contributed by atoms with Crippen LogP contribution in [0.25, 0.3) is 0 Å². The molecule has 4 heteroatoms. The monoisotopic (exact) mass is 220 g/mol. The number of carboxylic acid groups (broad SMARTS) is 1. The maximum Gasteiger partial charge on any atom is 0.371 e. The van der Waals surface area contributed by atoms with Gasteiger partial charge in [-0.3, -0.25) is 4.79 Å². The summed E-state index contributed by atoms with van der Waals surface area (Å²) in [7, 11) is 0. The molecule has 1 aromatic carbocycles. The smallest absolute Gasteiger partial charge is 0.371 e. The Bertz CT molecular complexity index is 429. The van der Waals surface area contributed by atoms with E-state index >= 15 is 0 Å². The van der Waals surface area contributed by atoms with Gasteiger partial charge in [-0.25, -0.2) is 4.79 Å². The Kier molecular flexibility index (Phi) is 3.83. The van der Waals surface area contributed by atoms with Crippen molar-refractivity contribution in [3.8, 4) is 0 Å². The van der Waals surface area contributed by atoms with Crippen LogP contribution in [0.5, 0.6) is 0 Å². The predicted octanol–water partition coefficient (Wildman–Crippen LogP) is 1.96. The van der Waals surface area contributed by atoms with E-state index in [1.807, 2.05) is 6.92 Å². The number of carboxylic acids is 1. The Morgan fingerprint density at radius 2 is 1.75 bits per heavy atom. The third-order valence-electron chi connectivity index (χ3n) is 2.13. The van der Waals surface area contributed by atoms with E-state index in [-0.39, 0.29) is 0 Å². The Labute approximate surface area is 92.8 Å². The fraction of sp³-hybridized carbons (Fsp3) is 0.167. The minimum absolute atomic E-state index is 0.352. The molecule has 0 fully saturated rings. The highest BCUT2D eigenvalue weighted by atomic mass is 16.4. The van der Waals surface area contributed by atoms with Crippen molar-refractivity contribution in [3.63, 3.8) is 0 Å². The third-order valence-corrected chi connectivity index (χ3v) is 2.13. The summed E-state index contributed by atoms with van der Waals surface area (Å²) in [6, 6.07) is 6.79. The average Bonchev–Trinajstić information content (AvgIpc) is 2.28. The number of aliphatic hydroxyl groups excluding tert-OH is 1. The second-order valence-electron chi connectivity index (χ2n) is 3.25. The van der Waals surface area contributed by atoms with E-state index in [9.17, 15) is 9.59 Å². The molecule has 0 aromatic heterocycles. The maximum absolute atomic E-state index is 11.5. The molecule has 4 nitrogen and oxygen atoms in total. The van der Waals surface area contributed by atoms with Crippen LogP contribution in [0.1, 0.15) is 22.8 Å². The Morgan fingerprint density at radius 1 is 1.19 bits per heavy atom. The number of carbonyl (C=O) groups is 2. The minimum atomic E-state index is -1.52. The molecular weight excluding hydrogens is 208 g/mol. The summed E-state index contributed by atoms with van der Waals surface area (Å²) in [6.07, 6.45) is 1.56. The lowest BCUT2D eigenvalue weighted by Crippen LogP contribution is -2.03. The first kappa shape index (κ1) is 12.0. The Balaban J connectivity index is 2.89. The van der Waals surface area contributed by atoms with Crippen molar-refractivity contribution in [2.75, 3.05) is 0 Å². The molecule has 0 heterocycles. The second kappa shape index (κ2) is 5.11. The maximum atomic E-state index is 11.5. The molecule has 16 heavy (non-hydrogen) atoms. The molecule has 1 rings (SSSR count). The summed E-state index contributed by atoms with van der Waals surface area (Å²) in [6.45, 7) is 1.99. The molecule has 0 aliphatic carbocycles. The van der Waals surface area contributed by atoms with Crippen molar-refractivity contribution >= 4 is 11.8 Å². The van der Waals surface area contributed by atoms with Crippen molar-refractivity contribution < 1.29 is 19.8 Å². The number of benzene rings is 1. The van der Waals surface area contributed by atoms with Gasteiger partial charge in [0.2, 0.25) is 5.76 Å². The van der Waals surface area contributed by atoms with Crippen LogP contribution in [-0.2, 0) is 11.2 Å². The van der Waals surface area contributed by atoms with Gasteiger partial charge in [-0.15, -0.1) is 0 Å². The highest BCUT2D eigenvalue weighted by molar-refractivity contribution is 6.07. The van der Waals surface area contributed by atoms with Gasteiger partial charge < -0.3 is 10.2 Å². The van der Waals surface area contributed by atoms with Gasteiger partial charge in [0, 0.05) is 11.6 Å². The molecule has 0 radical (unpaired) electrons. The number of aliphatic hydroxyl groups is 1. The molecule has 0 saturated carbocycles. The van der Waals surface area contributed by atoms with E-state index in [4.69, 9.17) is 10.2 Å². The first-order chi connectivity index (χ1) is 7.54. The van der Waals surface area contributed by atoms with Crippen molar-refractivity contribution in [1.29, 1.82) is 0 Å². The lowest BCUT2D eigenvalue weighted by Gasteiger charge is -1.99. The fourth-order valence-electron chi connectivity index (χ4n) is 1.17. The lowest BCUT2D eigenvalue weighted by molar-refractivity contribution is -0.135. The number of ketones is 1. The number of hydrogen-bond acceptors (Lipinski definition) is 3. The summed E-state index contributed by atoms with van der Waals surface area (Å²) < 4.78 is 0. The van der Waals surface area contributed by atoms with Gasteiger partial charge >= 0.3 is 5.97 Å². The summed E-state index contributed by atoms with van der Waals surface area (Å²) in [4.78, 5) is 21.8. The van der Waals surface area contributed by atoms with Gasteiger partial charge in [-0.2, -0.15) is 0 Å². The van der Waals surface area contributed by atoms with Crippen LogP contribution in [0.2, 0.25) is 0 Å². The van der Waals surface area contributed by atoms with Crippen molar-refractivity contribution in [3.05, 3.63) is 47.2 Å². The SMILES string of the molecule is CCc1ccc(C(=O)/C=C(\O)C(=O)O)cc1. The molecule has 0 aliphatic heterocycles. The first-order valence-electron chi connectivity index (χ1n) is 4.81. The van der Waals surface area contributed by atoms with Crippen LogP contribution < -0.4 is 0 Å². The van der Waals surface area contributed by atoms with Gasteiger partial charge in [-0.05, 0) is 12.0 Å². The quantitative estimate of drug-likeness (QED) is 0.462. The average molecular weight is 220 g/mol. The minimum Gasteiger partial charge on any atom is -0.502 e. The molecule has 0 unspecified atom stereocenters. The van der Waals surface area contributed by atoms with Gasteiger partial charge in [-0.1, -0.05) is 31.2 Å². The second-order valence-corrected chi connectivity index (χ2v) is 3.25. The van der Waals surface area contributed by atoms with E-state index in [0.29, 0.717) is 11.6 Å². The van der Waals surface area contributed by atoms with Gasteiger partial charge in [0.25, 0.3) is 0 Å². The summed E-state index contributed by atoms with van der Waals surface area (Å²) in [5.41, 5.74) is 1.44. The number of carbonyl (C=O) groups excluding carboxylic acids is 1. The molecule has 0 spiro atoms. The molecule has 0 bridgehead atoms. The fourth-order valence-corrected chi connectivity index (χ4v) is 1.17. The molecule has 1 aromatic rings. The molecule has 0 saturated heterocycles. The first-order valence-corrected chi connectivity index (χ1v) is 4.81. The highest BCUT2D eigenvalue weighted by Crippen LogP contribution is 2.07. The summed E-state index contributed by atoms with van der Waals surface area (Å²) >= 11 is 0. The largest absolute Gasteiger partial charge is 0.502 e. The number of hydrogen-bond donors (Lipinski definition) is 2. The number of aryl methyl sites for hydroxylation is 1. The van der Waals surface area contributed by atoms with E-state index in [2.05, 4.69) is 0 Å². The third kappa shape index (κ3) is 2.95. The van der Waals surface area contributed by atoms with Crippen LogP contribution in [0.4, 0.5) is 0 Å². The van der Waals surface area contributed by atoms with Crippen LogP contribution in [0.15, 0.2) is 36.1 Å². The van der Waals surface area contributed by atoms with Crippen LogP contribution >= 0.6 is 0 Å². The summed E-state index contributed by atoms with van der Waals surface area (Å²) in [5, 5.41) is 17.3. The van der Waals surface area contributed by atoms with E-state index < -0.39 is 17.5 Å². The standard InChI is InChI=1S/C12H12O4/c1-2-8-3-5-9(6-4-8)10(13)7-11(14)12(15)16/h3-7,14H,2H2,1H3,(H,15,16)/b11-7-. The summed E-state index contributed by atoms with van der Waals surface area (Å²) in [5.74, 6) is -2.99. The van der Waals surface area contributed by atoms with E-state index in [1.165, 1.54) is 0 Å². The van der Waals surface area contributed by atoms with Crippen LogP contribution in [-0.4, -0.2) is 22.0 Å². The molecule has 0 amide bonds. The zero-order chi connectivity index (χ0) is 12.1. The zero-order valence-electron chi connectivity index (χ0n) is 8.80. The number of rotatable bonds is 4. The van der Waals surface area contributed by atoms with Gasteiger partial charge in [0.05, 0.1) is 0 Å². The number of allylic oxidation sites excluding steroid dienone is 1. The molecule has 84 valence electrons. The normalized spacial score (nSPS) is 11.2. The predicted molar refractivity (Wildman–Crippen MR) is 58.5 cm³/mol. The van der Waals surface area contributed by atoms with Crippen molar-refractivity contribution in [2.45, 2.75) is 13.3 Å². The van der Waals surface area contributed by atoms with Gasteiger partial charge in [0.15, 0.2) is 5.78 Å². The lowest BCUT2D eigenvalue weighted by atomic mass is 10.1.